The van der Waals surface area contributed by atoms with Crippen LogP contribution in [0.4, 0.5) is 5.69 Å². The molecule has 0 radical (unpaired) electrons. The van der Waals surface area contributed by atoms with Gasteiger partial charge in [0.1, 0.15) is 25.6 Å². The number of likely N-dealkylation sites (N-methyl/N-ethyl adjacent to an activating group) is 1. The molecule has 11 nitrogen and oxygen atoms in total. The minimum absolute atomic E-state index is 0.260. The number of carbonyl (C=O) groups excluding carboxylic acids is 1. The fourth-order valence-corrected chi connectivity index (χ4v) is 4.46. The predicted molar refractivity (Wildman–Crippen MR) is 138 cm³/mol. The largest absolute Gasteiger partial charge is 0.486 e. The maximum atomic E-state index is 13.5. The molecular formula is C27H26N6O5. The number of pyridine rings is 1. The first kappa shape index (κ1) is 25.2. The van der Waals surface area contributed by atoms with Crippen LogP contribution in [-0.4, -0.2) is 75.1 Å². The molecule has 11 heteroatoms. The molecule has 1 aliphatic rings. The number of carbonyl (C=O) groups is 1. The molecule has 38 heavy (non-hydrogen) atoms. The number of anilines is 1. The van der Waals surface area contributed by atoms with Crippen LogP contribution in [0.3, 0.4) is 0 Å². The van der Waals surface area contributed by atoms with Crippen LogP contribution in [0.1, 0.15) is 21.5 Å². The van der Waals surface area contributed by atoms with E-state index in [9.17, 15) is 15.2 Å². The number of nitrogens with zero attached hydrogens (tertiary/aromatic N) is 5. The minimum atomic E-state index is -0.868. The number of fused-ring (bicyclic) bond motifs is 2. The molecule has 0 spiro atoms. The highest BCUT2D eigenvalue weighted by Crippen LogP contribution is 2.37. The Hall–Kier alpha value is -4.50. The van der Waals surface area contributed by atoms with Crippen molar-refractivity contribution in [3.63, 3.8) is 0 Å². The van der Waals surface area contributed by atoms with Gasteiger partial charge in [-0.25, -0.2) is 0 Å². The number of aliphatic hydroxyl groups excluding tert-OH is 2. The maximum Gasteiger partial charge on any atom is 0.259 e. The van der Waals surface area contributed by atoms with Crippen molar-refractivity contribution in [2.24, 2.45) is 0 Å². The third-order valence-corrected chi connectivity index (χ3v) is 6.16. The van der Waals surface area contributed by atoms with Gasteiger partial charge >= 0.3 is 0 Å². The van der Waals surface area contributed by atoms with Crippen LogP contribution >= 0.6 is 0 Å². The maximum absolute atomic E-state index is 13.5. The second-order valence-electron chi connectivity index (χ2n) is 9.01. The lowest BCUT2D eigenvalue weighted by Crippen LogP contribution is -2.31. The smallest absolute Gasteiger partial charge is 0.259 e. The van der Waals surface area contributed by atoms with Crippen LogP contribution in [-0.2, 0) is 6.54 Å². The Morgan fingerprint density at radius 1 is 1.24 bits per heavy atom. The molecule has 1 aliphatic heterocycles. The fourth-order valence-electron chi connectivity index (χ4n) is 4.46. The first-order valence-electron chi connectivity index (χ1n) is 12.0. The number of aromatic nitrogens is 3. The van der Waals surface area contributed by atoms with Gasteiger partial charge in [0, 0.05) is 24.8 Å². The summed E-state index contributed by atoms with van der Waals surface area (Å²) in [7, 11) is 1.80. The van der Waals surface area contributed by atoms with Crippen molar-refractivity contribution in [2.45, 2.75) is 12.6 Å². The van der Waals surface area contributed by atoms with Crippen molar-refractivity contribution in [3.05, 3.63) is 71.7 Å². The van der Waals surface area contributed by atoms with Gasteiger partial charge in [0.2, 0.25) is 0 Å². The van der Waals surface area contributed by atoms with Crippen LogP contribution in [0.25, 0.3) is 16.8 Å². The van der Waals surface area contributed by atoms with Crippen molar-refractivity contribution in [1.29, 1.82) is 5.26 Å². The Labute approximate surface area is 218 Å². The van der Waals surface area contributed by atoms with Crippen molar-refractivity contribution < 1.29 is 24.5 Å². The quantitative estimate of drug-likeness (QED) is 0.322. The Kier molecular flexibility index (Phi) is 7.19. The lowest BCUT2D eigenvalue weighted by atomic mass is 9.98. The van der Waals surface area contributed by atoms with Crippen LogP contribution in [0.15, 0.2) is 55.0 Å². The number of nitriles is 1. The monoisotopic (exact) mass is 514 g/mol. The molecule has 4 aromatic rings. The summed E-state index contributed by atoms with van der Waals surface area (Å²) in [6.07, 6.45) is 2.44. The third kappa shape index (κ3) is 5.14. The van der Waals surface area contributed by atoms with Gasteiger partial charge < -0.3 is 25.0 Å². The number of hydrogen-bond donors (Lipinski definition) is 3. The van der Waals surface area contributed by atoms with Gasteiger partial charge in [0.25, 0.3) is 5.91 Å². The van der Waals surface area contributed by atoms with Gasteiger partial charge in [-0.2, -0.15) is 5.26 Å². The zero-order valence-electron chi connectivity index (χ0n) is 20.7. The third-order valence-electron chi connectivity index (χ3n) is 6.16. The highest BCUT2D eigenvalue weighted by atomic mass is 16.6. The van der Waals surface area contributed by atoms with Crippen molar-refractivity contribution in [1.82, 2.24) is 19.5 Å². The van der Waals surface area contributed by atoms with Gasteiger partial charge in [-0.3, -0.25) is 14.1 Å². The van der Waals surface area contributed by atoms with E-state index in [0.29, 0.717) is 53.7 Å². The number of benzene rings is 2. The Bertz CT molecular complexity index is 1530. The first-order chi connectivity index (χ1) is 18.5. The summed E-state index contributed by atoms with van der Waals surface area (Å²) in [5.41, 5.74) is 3.50. The van der Waals surface area contributed by atoms with Crippen molar-refractivity contribution in [3.8, 4) is 28.7 Å². The molecule has 3 heterocycles. The van der Waals surface area contributed by atoms with Crippen molar-refractivity contribution >= 4 is 17.2 Å². The summed E-state index contributed by atoms with van der Waals surface area (Å²) in [4.78, 5) is 15.3. The number of nitrogens with one attached hydrogen (secondary N) is 1. The van der Waals surface area contributed by atoms with E-state index in [1.807, 2.05) is 23.1 Å². The molecule has 0 bridgehead atoms. The van der Waals surface area contributed by atoms with E-state index < -0.39 is 12.0 Å². The molecule has 0 saturated carbocycles. The van der Waals surface area contributed by atoms with Crippen molar-refractivity contribution in [2.75, 3.05) is 38.7 Å². The summed E-state index contributed by atoms with van der Waals surface area (Å²) in [5.74, 6) is 0.810. The number of rotatable bonds is 8. The van der Waals surface area contributed by atoms with E-state index in [4.69, 9.17) is 14.6 Å². The lowest BCUT2D eigenvalue weighted by Gasteiger charge is -2.20. The van der Waals surface area contributed by atoms with Crippen LogP contribution in [0.2, 0.25) is 0 Å². The van der Waals surface area contributed by atoms with Gasteiger partial charge in [0.15, 0.2) is 17.1 Å². The number of hydrogen-bond acceptors (Lipinski definition) is 9. The van der Waals surface area contributed by atoms with Gasteiger partial charge in [-0.1, -0.05) is 18.2 Å². The second-order valence-corrected chi connectivity index (χ2v) is 9.01. The molecule has 0 saturated heterocycles. The summed E-state index contributed by atoms with van der Waals surface area (Å²) in [6.45, 7) is 1.27. The van der Waals surface area contributed by atoms with Gasteiger partial charge in [-0.05, 0) is 42.4 Å². The zero-order chi connectivity index (χ0) is 26.6. The Morgan fingerprint density at radius 2 is 2.05 bits per heavy atom. The van der Waals surface area contributed by atoms with Crippen LogP contribution < -0.4 is 14.8 Å². The Morgan fingerprint density at radius 3 is 2.84 bits per heavy atom. The van der Waals surface area contributed by atoms with E-state index >= 15 is 0 Å². The second kappa shape index (κ2) is 10.9. The molecule has 3 N–H and O–H groups in total. The van der Waals surface area contributed by atoms with Crippen LogP contribution in [0.5, 0.6) is 11.5 Å². The fraction of sp³-hybridized carbons (Fsp3) is 0.259. The molecule has 1 amide bonds. The lowest BCUT2D eigenvalue weighted by molar-refractivity contribution is 0.0647. The molecule has 194 valence electrons. The zero-order valence-corrected chi connectivity index (χ0v) is 20.7. The molecule has 1 atom stereocenters. The number of aliphatic hydroxyl groups is 2. The standard InChI is InChI=1S/C27H26N6O5/c1-32(14-19(35)15-34)12-17-9-21(26-31-29-16-33(26)13-17)27(36)30-23-4-2-3-20(22(23)11-28)18-5-6-24-25(10-18)38-8-7-37-24/h2-6,9-10,13,16,19,34-35H,7-8,12,14-15H2,1H3,(H,30,36). The molecule has 5 rings (SSSR count). The molecule has 0 aliphatic carbocycles. The minimum Gasteiger partial charge on any atom is -0.486 e. The summed E-state index contributed by atoms with van der Waals surface area (Å²) in [5, 5.41) is 39.8. The molecule has 2 aromatic heterocycles. The van der Waals surface area contributed by atoms with E-state index in [-0.39, 0.29) is 18.7 Å². The molecular weight excluding hydrogens is 488 g/mol. The number of amides is 1. The molecule has 0 fully saturated rings. The Balaban J connectivity index is 1.45. The van der Waals surface area contributed by atoms with E-state index in [2.05, 4.69) is 21.6 Å². The van der Waals surface area contributed by atoms with E-state index in [0.717, 1.165) is 11.1 Å². The average molecular weight is 515 g/mol. The summed E-state index contributed by atoms with van der Waals surface area (Å²) < 4.78 is 12.9. The summed E-state index contributed by atoms with van der Waals surface area (Å²) >= 11 is 0. The number of ether oxygens (including phenoxy) is 2. The van der Waals surface area contributed by atoms with E-state index in [1.165, 1.54) is 6.33 Å². The molecule has 2 aromatic carbocycles. The highest BCUT2D eigenvalue weighted by molar-refractivity contribution is 6.09. The first-order valence-corrected chi connectivity index (χ1v) is 12.0. The summed E-state index contributed by atoms with van der Waals surface area (Å²) in [6, 6.07) is 14.7. The topological polar surface area (TPSA) is 145 Å². The SMILES string of the molecule is CN(Cc1cc(C(=O)Nc2cccc(-c3ccc4c(c3)OCCO4)c2C#N)c2nncn2c1)CC(O)CO. The highest BCUT2D eigenvalue weighted by Gasteiger charge is 2.20. The van der Waals surface area contributed by atoms with E-state index in [1.54, 1.807) is 41.9 Å². The van der Waals surface area contributed by atoms with Crippen LogP contribution in [0, 0.1) is 11.3 Å². The molecule has 1 unspecified atom stereocenters. The normalized spacial score (nSPS) is 13.3. The average Bonchev–Trinajstić information content (AvgIpc) is 3.40. The predicted octanol–water partition coefficient (Wildman–Crippen LogP) is 2.08. The van der Waals surface area contributed by atoms with Gasteiger partial charge in [-0.15, -0.1) is 10.2 Å². The van der Waals surface area contributed by atoms with Gasteiger partial charge in [0.05, 0.1) is 29.5 Å².